The molecule has 0 aliphatic carbocycles. The van der Waals surface area contributed by atoms with E-state index in [0.717, 1.165) is 19.3 Å². The lowest BCUT2D eigenvalue weighted by Gasteiger charge is -2.32. The fraction of sp³-hybridized carbons (Fsp3) is 0.556. The molecule has 138 valence electrons. The molecule has 7 heteroatoms. The quantitative estimate of drug-likeness (QED) is 0.644. The molecule has 1 aromatic carbocycles. The zero-order valence-corrected chi connectivity index (χ0v) is 14.5. The topological polar surface area (TPSA) is 108 Å². The number of likely N-dealkylation sites (tertiary alicyclic amines) is 1. The van der Waals surface area contributed by atoms with Gasteiger partial charge in [0, 0.05) is 25.3 Å². The van der Waals surface area contributed by atoms with E-state index in [1.165, 1.54) is 0 Å². The van der Waals surface area contributed by atoms with Crippen molar-refractivity contribution in [1.82, 2.24) is 4.90 Å². The molecular weight excluding hydrogens is 322 g/mol. The second-order valence-electron chi connectivity index (χ2n) is 6.08. The predicted molar refractivity (Wildman–Crippen MR) is 94.3 cm³/mol. The average Bonchev–Trinajstić information content (AvgIpc) is 2.62. The van der Waals surface area contributed by atoms with Crippen LogP contribution in [0.4, 0.5) is 0 Å². The van der Waals surface area contributed by atoms with Gasteiger partial charge in [0.1, 0.15) is 5.75 Å². The number of carbonyl (C=O) groups is 2. The molecule has 0 spiro atoms. The van der Waals surface area contributed by atoms with Crippen LogP contribution in [0.5, 0.6) is 5.75 Å². The van der Waals surface area contributed by atoms with Gasteiger partial charge in [-0.2, -0.15) is 0 Å². The summed E-state index contributed by atoms with van der Waals surface area (Å²) in [6.45, 7) is 3.02. The Labute approximate surface area is 148 Å². The molecule has 4 N–H and O–H groups in total. The maximum atomic E-state index is 12.2. The van der Waals surface area contributed by atoms with Gasteiger partial charge in [0.25, 0.3) is 0 Å². The Kier molecular flexibility index (Phi) is 7.69. The van der Waals surface area contributed by atoms with Crippen molar-refractivity contribution in [1.29, 1.82) is 0 Å². The fourth-order valence-electron chi connectivity index (χ4n) is 2.76. The number of carbonyl (C=O) groups excluding carboxylic acids is 2. The van der Waals surface area contributed by atoms with Crippen LogP contribution < -0.4 is 16.2 Å². The van der Waals surface area contributed by atoms with Gasteiger partial charge in [-0.25, -0.2) is 0 Å². The van der Waals surface area contributed by atoms with Crippen molar-refractivity contribution in [3.63, 3.8) is 0 Å². The lowest BCUT2D eigenvalue weighted by Crippen LogP contribution is -2.41. The first-order valence-electron chi connectivity index (χ1n) is 8.72. The monoisotopic (exact) mass is 349 g/mol. The number of nitrogens with zero attached hydrogens (tertiary/aromatic N) is 1. The van der Waals surface area contributed by atoms with Crippen molar-refractivity contribution in [2.24, 2.45) is 11.5 Å². The van der Waals surface area contributed by atoms with Crippen molar-refractivity contribution < 1.29 is 19.1 Å². The average molecular weight is 349 g/mol. The molecule has 1 fully saturated rings. The lowest BCUT2D eigenvalue weighted by molar-refractivity contribution is -0.134. The van der Waals surface area contributed by atoms with Crippen molar-refractivity contribution in [3.05, 3.63) is 29.8 Å². The molecular formula is C18H27N3O4. The van der Waals surface area contributed by atoms with E-state index in [4.69, 9.17) is 20.9 Å². The summed E-state index contributed by atoms with van der Waals surface area (Å²) in [5.74, 6) is 0.112. The molecule has 0 saturated carbocycles. The normalized spacial score (nSPS) is 15.2. The summed E-state index contributed by atoms with van der Waals surface area (Å²) in [5, 5.41) is 0. The summed E-state index contributed by atoms with van der Waals surface area (Å²) in [5.41, 5.74) is 11.1. The zero-order valence-electron chi connectivity index (χ0n) is 14.5. The van der Waals surface area contributed by atoms with Crippen LogP contribution in [0.15, 0.2) is 24.3 Å². The third-order valence-electron chi connectivity index (χ3n) is 4.20. The van der Waals surface area contributed by atoms with Gasteiger partial charge in [-0.1, -0.05) is 6.07 Å². The van der Waals surface area contributed by atoms with Gasteiger partial charge in [0.2, 0.25) is 11.8 Å². The molecule has 2 rings (SSSR count). The van der Waals surface area contributed by atoms with Crippen molar-refractivity contribution >= 4 is 11.8 Å². The molecule has 0 bridgehead atoms. The van der Waals surface area contributed by atoms with Crippen LogP contribution in [0.3, 0.4) is 0 Å². The van der Waals surface area contributed by atoms with Crippen LogP contribution in [0.1, 0.15) is 36.0 Å². The number of benzene rings is 1. The van der Waals surface area contributed by atoms with Crippen LogP contribution in [0.25, 0.3) is 0 Å². The highest BCUT2D eigenvalue weighted by atomic mass is 16.5. The molecule has 0 radical (unpaired) electrons. The molecule has 0 atom stereocenters. The summed E-state index contributed by atoms with van der Waals surface area (Å²) in [4.78, 5) is 25.2. The van der Waals surface area contributed by atoms with Crippen molar-refractivity contribution in [2.45, 2.75) is 31.8 Å². The van der Waals surface area contributed by atoms with Crippen LogP contribution in [-0.2, 0) is 9.53 Å². The number of rotatable bonds is 9. The Bertz CT molecular complexity index is 571. The molecule has 1 aromatic rings. The standard InChI is InChI=1S/C18H27N3O4/c19-8-2-11-24-15-5-9-21(10-6-15)17(22)7-12-25-16-4-1-3-14(13-16)18(20)23/h1,3-4,13,15H,2,5-12,19H2,(H2,20,23). The number of hydrogen-bond donors (Lipinski definition) is 2. The van der Waals surface area contributed by atoms with E-state index in [-0.39, 0.29) is 18.6 Å². The minimum atomic E-state index is -0.502. The summed E-state index contributed by atoms with van der Waals surface area (Å²) in [6.07, 6.45) is 3.12. The van der Waals surface area contributed by atoms with E-state index in [1.54, 1.807) is 24.3 Å². The number of nitrogens with two attached hydrogens (primary N) is 2. The zero-order chi connectivity index (χ0) is 18.1. The van der Waals surface area contributed by atoms with Crippen LogP contribution in [-0.4, -0.2) is 55.7 Å². The molecule has 25 heavy (non-hydrogen) atoms. The first-order chi connectivity index (χ1) is 12.1. The van der Waals surface area contributed by atoms with Crippen molar-refractivity contribution in [2.75, 3.05) is 32.8 Å². The Hall–Kier alpha value is -2.12. The van der Waals surface area contributed by atoms with Gasteiger partial charge in [-0.15, -0.1) is 0 Å². The second-order valence-corrected chi connectivity index (χ2v) is 6.08. The van der Waals surface area contributed by atoms with Crippen LogP contribution in [0.2, 0.25) is 0 Å². The van der Waals surface area contributed by atoms with Gasteiger partial charge in [0.15, 0.2) is 0 Å². The SMILES string of the molecule is NCCCOC1CCN(C(=O)CCOc2cccc(C(N)=O)c2)CC1. The van der Waals surface area contributed by atoms with E-state index < -0.39 is 5.91 Å². The molecule has 2 amide bonds. The Morgan fingerprint density at radius 3 is 2.64 bits per heavy atom. The molecule has 0 aromatic heterocycles. The molecule has 1 aliphatic heterocycles. The number of ether oxygens (including phenoxy) is 2. The third kappa shape index (κ3) is 6.36. The second kappa shape index (κ2) is 10.0. The Balaban J connectivity index is 1.67. The summed E-state index contributed by atoms with van der Waals surface area (Å²) >= 11 is 0. The van der Waals surface area contributed by atoms with E-state index in [2.05, 4.69) is 0 Å². The van der Waals surface area contributed by atoms with Crippen LogP contribution in [0, 0.1) is 0 Å². The first-order valence-corrected chi connectivity index (χ1v) is 8.72. The van der Waals surface area contributed by atoms with Gasteiger partial charge in [-0.3, -0.25) is 9.59 Å². The van der Waals surface area contributed by atoms with E-state index in [0.29, 0.717) is 44.0 Å². The highest BCUT2D eigenvalue weighted by Crippen LogP contribution is 2.16. The van der Waals surface area contributed by atoms with Crippen molar-refractivity contribution in [3.8, 4) is 5.75 Å². The third-order valence-corrected chi connectivity index (χ3v) is 4.20. The van der Waals surface area contributed by atoms with Gasteiger partial charge in [0.05, 0.1) is 19.1 Å². The largest absolute Gasteiger partial charge is 0.493 e. The van der Waals surface area contributed by atoms with Crippen LogP contribution >= 0.6 is 0 Å². The van der Waals surface area contributed by atoms with E-state index in [1.807, 2.05) is 4.90 Å². The highest BCUT2D eigenvalue weighted by molar-refractivity contribution is 5.93. The number of amides is 2. The lowest BCUT2D eigenvalue weighted by atomic mass is 10.1. The molecule has 7 nitrogen and oxygen atoms in total. The highest BCUT2D eigenvalue weighted by Gasteiger charge is 2.22. The smallest absolute Gasteiger partial charge is 0.248 e. The van der Waals surface area contributed by atoms with E-state index in [9.17, 15) is 9.59 Å². The fourth-order valence-corrected chi connectivity index (χ4v) is 2.76. The number of primary amides is 1. The Morgan fingerprint density at radius 2 is 1.96 bits per heavy atom. The van der Waals surface area contributed by atoms with Gasteiger partial charge < -0.3 is 25.8 Å². The molecule has 1 saturated heterocycles. The molecule has 1 heterocycles. The maximum Gasteiger partial charge on any atom is 0.248 e. The minimum Gasteiger partial charge on any atom is -0.493 e. The summed E-state index contributed by atoms with van der Waals surface area (Å²) in [6, 6.07) is 6.64. The first kappa shape index (κ1) is 19.2. The molecule has 1 aliphatic rings. The summed E-state index contributed by atoms with van der Waals surface area (Å²) < 4.78 is 11.3. The van der Waals surface area contributed by atoms with Gasteiger partial charge in [-0.05, 0) is 44.0 Å². The maximum absolute atomic E-state index is 12.2. The van der Waals surface area contributed by atoms with E-state index >= 15 is 0 Å². The number of piperidine rings is 1. The predicted octanol–water partition coefficient (Wildman–Crippen LogP) is 0.911. The number of hydrogen-bond acceptors (Lipinski definition) is 5. The Morgan fingerprint density at radius 1 is 1.20 bits per heavy atom. The van der Waals surface area contributed by atoms with Gasteiger partial charge >= 0.3 is 0 Å². The summed E-state index contributed by atoms with van der Waals surface area (Å²) in [7, 11) is 0. The molecule has 0 unspecified atom stereocenters. The minimum absolute atomic E-state index is 0.0754.